The second kappa shape index (κ2) is 4.54. The summed E-state index contributed by atoms with van der Waals surface area (Å²) in [6, 6.07) is 6.58. The van der Waals surface area contributed by atoms with E-state index < -0.39 is 0 Å². The molecule has 82 valence electrons. The van der Waals surface area contributed by atoms with Crippen LogP contribution in [0.1, 0.15) is 31.4 Å². The molecule has 1 aromatic rings. The summed E-state index contributed by atoms with van der Waals surface area (Å²) < 4.78 is 1.13. The highest BCUT2D eigenvalue weighted by atomic mass is 79.9. The third-order valence-electron chi connectivity index (χ3n) is 2.95. The van der Waals surface area contributed by atoms with Gasteiger partial charge in [-0.05, 0) is 37.5 Å². The van der Waals surface area contributed by atoms with Crippen LogP contribution < -0.4 is 10.6 Å². The summed E-state index contributed by atoms with van der Waals surface area (Å²) in [5.41, 5.74) is 8.36. The molecule has 1 saturated heterocycles. The Morgan fingerprint density at radius 2 is 2.00 bits per heavy atom. The topological polar surface area (TPSA) is 29.3 Å². The number of nitrogens with zero attached hydrogens (tertiary/aromatic N) is 1. The average molecular weight is 269 g/mol. The first-order valence-electron chi connectivity index (χ1n) is 5.48. The van der Waals surface area contributed by atoms with Crippen molar-refractivity contribution >= 4 is 21.6 Å². The lowest BCUT2D eigenvalue weighted by atomic mass is 10.1. The number of halogens is 1. The zero-order valence-corrected chi connectivity index (χ0v) is 10.6. The smallest absolute Gasteiger partial charge is 0.0377 e. The maximum absolute atomic E-state index is 5.87. The van der Waals surface area contributed by atoms with Gasteiger partial charge in [-0.2, -0.15) is 0 Å². The Bertz CT molecular complexity index is 343. The van der Waals surface area contributed by atoms with Crippen molar-refractivity contribution in [2.75, 3.05) is 18.0 Å². The molecule has 0 bridgehead atoms. The highest BCUT2D eigenvalue weighted by Crippen LogP contribution is 2.28. The average Bonchev–Trinajstić information content (AvgIpc) is 2.69. The van der Waals surface area contributed by atoms with Crippen LogP contribution in [0.2, 0.25) is 0 Å². The van der Waals surface area contributed by atoms with Crippen LogP contribution >= 0.6 is 15.9 Å². The first-order valence-corrected chi connectivity index (χ1v) is 6.28. The minimum Gasteiger partial charge on any atom is -0.372 e. The summed E-state index contributed by atoms with van der Waals surface area (Å²) in [4.78, 5) is 2.43. The van der Waals surface area contributed by atoms with Crippen LogP contribution in [-0.2, 0) is 0 Å². The molecule has 1 atom stereocenters. The Morgan fingerprint density at radius 1 is 1.33 bits per heavy atom. The number of nitrogens with two attached hydrogens (primary N) is 1. The maximum atomic E-state index is 5.87. The van der Waals surface area contributed by atoms with Gasteiger partial charge < -0.3 is 10.6 Å². The predicted octanol–water partition coefficient (Wildman–Crippen LogP) is 3.07. The molecule has 1 aliphatic rings. The van der Waals surface area contributed by atoms with Crippen molar-refractivity contribution in [3.63, 3.8) is 0 Å². The van der Waals surface area contributed by atoms with E-state index in [0.717, 1.165) is 4.47 Å². The minimum atomic E-state index is 0.0898. The Balaban J connectivity index is 2.24. The van der Waals surface area contributed by atoms with E-state index >= 15 is 0 Å². The van der Waals surface area contributed by atoms with Crippen molar-refractivity contribution in [1.82, 2.24) is 0 Å². The molecule has 2 nitrogen and oxygen atoms in total. The second-order valence-corrected chi connectivity index (χ2v) is 5.04. The van der Waals surface area contributed by atoms with E-state index in [4.69, 9.17) is 5.73 Å². The van der Waals surface area contributed by atoms with Crippen LogP contribution in [0.5, 0.6) is 0 Å². The van der Waals surface area contributed by atoms with Crippen LogP contribution in [0.3, 0.4) is 0 Å². The Kier molecular flexibility index (Phi) is 3.32. The zero-order chi connectivity index (χ0) is 10.8. The number of hydrogen-bond acceptors (Lipinski definition) is 2. The molecular weight excluding hydrogens is 252 g/mol. The molecule has 2 rings (SSSR count). The van der Waals surface area contributed by atoms with Crippen LogP contribution in [-0.4, -0.2) is 13.1 Å². The van der Waals surface area contributed by atoms with E-state index in [1.165, 1.54) is 37.2 Å². The molecule has 0 aliphatic carbocycles. The minimum absolute atomic E-state index is 0.0898. The second-order valence-electron chi connectivity index (χ2n) is 4.19. The molecule has 1 fully saturated rings. The fourth-order valence-electron chi connectivity index (χ4n) is 2.06. The third-order valence-corrected chi connectivity index (χ3v) is 3.63. The van der Waals surface area contributed by atoms with E-state index in [-0.39, 0.29) is 6.04 Å². The molecule has 0 aromatic heterocycles. The first-order chi connectivity index (χ1) is 7.18. The van der Waals surface area contributed by atoms with Gasteiger partial charge in [0, 0.05) is 29.3 Å². The lowest BCUT2D eigenvalue weighted by Gasteiger charge is -2.19. The summed E-state index contributed by atoms with van der Waals surface area (Å²) in [6.07, 6.45) is 2.62. The molecule has 0 saturated carbocycles. The van der Waals surface area contributed by atoms with Gasteiger partial charge in [0.2, 0.25) is 0 Å². The molecular formula is C12H17BrN2. The highest BCUT2D eigenvalue weighted by Gasteiger charge is 2.14. The van der Waals surface area contributed by atoms with E-state index in [1.54, 1.807) is 0 Å². The van der Waals surface area contributed by atoms with Gasteiger partial charge in [-0.3, -0.25) is 0 Å². The summed E-state index contributed by atoms with van der Waals surface area (Å²) >= 11 is 3.59. The van der Waals surface area contributed by atoms with Gasteiger partial charge in [0.1, 0.15) is 0 Å². The van der Waals surface area contributed by atoms with Crippen molar-refractivity contribution < 1.29 is 0 Å². The van der Waals surface area contributed by atoms with Crippen LogP contribution in [0, 0.1) is 0 Å². The van der Waals surface area contributed by atoms with Crippen LogP contribution in [0.4, 0.5) is 5.69 Å². The molecule has 0 amide bonds. The van der Waals surface area contributed by atoms with Gasteiger partial charge in [0.05, 0.1) is 0 Å². The molecule has 1 aliphatic heterocycles. The standard InChI is InChI=1S/C12H17BrN2/c1-9(14)11-5-4-10(8-12(11)13)15-6-2-3-7-15/h4-5,8-9H,2-3,6-7,14H2,1H3. The Hall–Kier alpha value is -0.540. The fraction of sp³-hybridized carbons (Fsp3) is 0.500. The monoisotopic (exact) mass is 268 g/mol. The van der Waals surface area contributed by atoms with E-state index in [0.29, 0.717) is 0 Å². The lowest BCUT2D eigenvalue weighted by molar-refractivity contribution is 0.812. The Labute approximate surface area is 99.6 Å². The summed E-state index contributed by atoms with van der Waals surface area (Å²) in [5.74, 6) is 0. The number of hydrogen-bond donors (Lipinski definition) is 1. The van der Waals surface area contributed by atoms with Gasteiger partial charge in [0.15, 0.2) is 0 Å². The van der Waals surface area contributed by atoms with Crippen molar-refractivity contribution in [3.05, 3.63) is 28.2 Å². The number of benzene rings is 1. The van der Waals surface area contributed by atoms with E-state index in [2.05, 4.69) is 39.0 Å². The zero-order valence-electron chi connectivity index (χ0n) is 9.04. The largest absolute Gasteiger partial charge is 0.372 e. The molecule has 3 heteroatoms. The normalized spacial score (nSPS) is 18.2. The summed E-state index contributed by atoms with van der Waals surface area (Å²) in [5, 5.41) is 0. The molecule has 1 aromatic carbocycles. The third kappa shape index (κ3) is 2.34. The maximum Gasteiger partial charge on any atom is 0.0377 e. The lowest BCUT2D eigenvalue weighted by Crippen LogP contribution is -2.17. The molecule has 2 N–H and O–H groups in total. The van der Waals surface area contributed by atoms with Crippen molar-refractivity contribution in [2.24, 2.45) is 5.73 Å². The fourth-order valence-corrected chi connectivity index (χ4v) is 2.79. The van der Waals surface area contributed by atoms with Crippen molar-refractivity contribution in [2.45, 2.75) is 25.8 Å². The Morgan fingerprint density at radius 3 is 2.53 bits per heavy atom. The van der Waals surface area contributed by atoms with Crippen molar-refractivity contribution in [3.8, 4) is 0 Å². The van der Waals surface area contributed by atoms with E-state index in [9.17, 15) is 0 Å². The van der Waals surface area contributed by atoms with Gasteiger partial charge in [-0.25, -0.2) is 0 Å². The summed E-state index contributed by atoms with van der Waals surface area (Å²) in [6.45, 7) is 4.38. The highest BCUT2D eigenvalue weighted by molar-refractivity contribution is 9.10. The SMILES string of the molecule is CC(N)c1ccc(N2CCCC2)cc1Br. The number of anilines is 1. The van der Waals surface area contributed by atoms with Crippen LogP contribution in [0.15, 0.2) is 22.7 Å². The number of rotatable bonds is 2. The predicted molar refractivity (Wildman–Crippen MR) is 68.2 cm³/mol. The van der Waals surface area contributed by atoms with Crippen molar-refractivity contribution in [1.29, 1.82) is 0 Å². The van der Waals surface area contributed by atoms with Gasteiger partial charge in [-0.15, -0.1) is 0 Å². The van der Waals surface area contributed by atoms with Gasteiger partial charge >= 0.3 is 0 Å². The molecule has 1 unspecified atom stereocenters. The van der Waals surface area contributed by atoms with E-state index in [1.807, 2.05) is 6.92 Å². The molecule has 0 spiro atoms. The quantitative estimate of drug-likeness (QED) is 0.894. The molecule has 15 heavy (non-hydrogen) atoms. The molecule has 0 radical (unpaired) electrons. The first kappa shape index (κ1) is 11.0. The van der Waals surface area contributed by atoms with Gasteiger partial charge in [-0.1, -0.05) is 22.0 Å². The van der Waals surface area contributed by atoms with Crippen LogP contribution in [0.25, 0.3) is 0 Å². The van der Waals surface area contributed by atoms with Gasteiger partial charge in [0.25, 0.3) is 0 Å². The molecule has 1 heterocycles. The summed E-state index contributed by atoms with van der Waals surface area (Å²) in [7, 11) is 0.